The molecule has 0 spiro atoms. The van der Waals surface area contributed by atoms with Gasteiger partial charge in [-0.05, 0) is 24.3 Å². The van der Waals surface area contributed by atoms with Gasteiger partial charge in [0.1, 0.15) is 5.03 Å². The van der Waals surface area contributed by atoms with Crippen LogP contribution in [0.2, 0.25) is 0 Å². The van der Waals surface area contributed by atoms with E-state index in [1.807, 2.05) is 0 Å². The molecule has 0 radical (unpaired) electrons. The summed E-state index contributed by atoms with van der Waals surface area (Å²) in [5, 5.41) is 0.705. The molecule has 0 N–H and O–H groups in total. The molecule has 1 saturated carbocycles. The maximum absolute atomic E-state index is 11.3. The number of thioether (sulfide) groups is 1. The number of rotatable bonds is 6. The summed E-state index contributed by atoms with van der Waals surface area (Å²) in [4.78, 5) is 30.7. The van der Waals surface area contributed by atoms with E-state index >= 15 is 0 Å². The fourth-order valence-corrected chi connectivity index (χ4v) is 2.92. The third-order valence-electron chi connectivity index (χ3n) is 3.23. The van der Waals surface area contributed by atoms with Crippen LogP contribution < -0.4 is 0 Å². The number of hydrogen-bond acceptors (Lipinski definition) is 7. The molecular weight excluding hydrogens is 280 g/mol. The summed E-state index contributed by atoms with van der Waals surface area (Å²) in [5.41, 5.74) is 0.0220. The average Bonchev–Trinajstić information content (AvgIpc) is 3.24. The molecule has 1 aromatic heterocycles. The Bertz CT molecular complexity index is 517. The van der Waals surface area contributed by atoms with Crippen LogP contribution in [-0.4, -0.2) is 41.9 Å². The first-order chi connectivity index (χ1) is 9.58. The normalized spacial score (nSPS) is 15.5. The molecule has 0 bridgehead atoms. The van der Waals surface area contributed by atoms with Gasteiger partial charge in [0, 0.05) is 11.9 Å². The number of carbonyl (C=O) groups is 2. The zero-order valence-electron chi connectivity index (χ0n) is 11.4. The Kier molecular flexibility index (Phi) is 4.59. The Balaban J connectivity index is 1.94. The molecule has 7 heteroatoms. The minimum absolute atomic E-state index is 0.0220. The van der Waals surface area contributed by atoms with Crippen molar-refractivity contribution in [2.24, 2.45) is 5.41 Å². The largest absolute Gasteiger partial charge is 0.469 e. The lowest BCUT2D eigenvalue weighted by molar-refractivity contribution is -0.141. The van der Waals surface area contributed by atoms with E-state index < -0.39 is 5.97 Å². The molecule has 6 nitrogen and oxygen atoms in total. The van der Waals surface area contributed by atoms with E-state index in [9.17, 15) is 9.59 Å². The maximum atomic E-state index is 11.3. The van der Waals surface area contributed by atoms with Crippen LogP contribution in [0.25, 0.3) is 0 Å². The molecule has 108 valence electrons. The Morgan fingerprint density at radius 3 is 2.70 bits per heavy atom. The van der Waals surface area contributed by atoms with Crippen molar-refractivity contribution in [3.63, 3.8) is 0 Å². The maximum Gasteiger partial charge on any atom is 0.376 e. The molecule has 0 amide bonds. The molecule has 1 aromatic rings. The second-order valence-corrected chi connectivity index (χ2v) is 5.75. The Labute approximate surface area is 121 Å². The van der Waals surface area contributed by atoms with Crippen molar-refractivity contribution in [1.29, 1.82) is 0 Å². The smallest absolute Gasteiger partial charge is 0.376 e. The lowest BCUT2D eigenvalue weighted by Crippen LogP contribution is -2.13. The molecule has 1 aliphatic carbocycles. The molecule has 0 aliphatic heterocycles. The van der Waals surface area contributed by atoms with Gasteiger partial charge in [0.2, 0.25) is 5.82 Å². The fourth-order valence-electron chi connectivity index (χ4n) is 1.77. The molecule has 0 saturated heterocycles. The number of ether oxygens (including phenoxy) is 2. The molecule has 1 heterocycles. The summed E-state index contributed by atoms with van der Waals surface area (Å²) >= 11 is 1.52. The van der Waals surface area contributed by atoms with Gasteiger partial charge in [-0.1, -0.05) is 0 Å². The number of hydrogen-bond donors (Lipinski definition) is 0. The number of aromatic nitrogens is 2. The van der Waals surface area contributed by atoms with Crippen LogP contribution in [-0.2, 0) is 14.3 Å². The molecule has 0 atom stereocenters. The van der Waals surface area contributed by atoms with Crippen molar-refractivity contribution in [3.05, 3.63) is 18.1 Å². The average molecular weight is 296 g/mol. The van der Waals surface area contributed by atoms with E-state index in [-0.39, 0.29) is 17.2 Å². The van der Waals surface area contributed by atoms with Crippen molar-refractivity contribution < 1.29 is 19.1 Å². The van der Waals surface area contributed by atoms with Crippen molar-refractivity contribution in [2.75, 3.05) is 20.0 Å². The van der Waals surface area contributed by atoms with Crippen LogP contribution in [0.5, 0.6) is 0 Å². The van der Waals surface area contributed by atoms with Crippen LogP contribution in [0.1, 0.15) is 29.9 Å². The van der Waals surface area contributed by atoms with Gasteiger partial charge in [-0.3, -0.25) is 4.79 Å². The minimum Gasteiger partial charge on any atom is -0.469 e. The summed E-state index contributed by atoms with van der Waals surface area (Å²) in [7, 11) is 2.69. The van der Waals surface area contributed by atoms with Crippen molar-refractivity contribution >= 4 is 23.7 Å². The van der Waals surface area contributed by atoms with E-state index in [0.717, 1.165) is 18.6 Å². The van der Waals surface area contributed by atoms with Crippen LogP contribution in [0.3, 0.4) is 0 Å². The Hall–Kier alpha value is -1.63. The monoisotopic (exact) mass is 296 g/mol. The Morgan fingerprint density at radius 2 is 2.10 bits per heavy atom. The highest BCUT2D eigenvalue weighted by atomic mass is 32.2. The highest BCUT2D eigenvalue weighted by Crippen LogP contribution is 2.51. The highest BCUT2D eigenvalue weighted by Gasteiger charge is 2.44. The first kappa shape index (κ1) is 14.8. The minimum atomic E-state index is -0.553. The molecule has 0 aromatic carbocycles. The van der Waals surface area contributed by atoms with Crippen molar-refractivity contribution in [2.45, 2.75) is 24.3 Å². The van der Waals surface area contributed by atoms with Gasteiger partial charge in [0.25, 0.3) is 0 Å². The summed E-state index contributed by atoms with van der Waals surface area (Å²) in [6, 6.07) is 1.74. The van der Waals surface area contributed by atoms with Gasteiger partial charge in [0.05, 0.1) is 20.6 Å². The van der Waals surface area contributed by atoms with Gasteiger partial charge >= 0.3 is 11.9 Å². The first-order valence-electron chi connectivity index (χ1n) is 6.19. The molecule has 2 rings (SSSR count). The number of methoxy groups -OCH3 is 2. The number of esters is 2. The third-order valence-corrected chi connectivity index (χ3v) is 4.51. The summed E-state index contributed by atoms with van der Waals surface area (Å²) in [6.45, 7) is 0. The number of nitrogens with zero attached hydrogens (tertiary/aromatic N) is 2. The van der Waals surface area contributed by atoms with E-state index in [0.29, 0.717) is 11.4 Å². The summed E-state index contributed by atoms with van der Waals surface area (Å²) in [6.07, 6.45) is 4.00. The molecule has 1 fully saturated rings. The molecule has 1 aliphatic rings. The first-order valence-corrected chi connectivity index (χ1v) is 7.18. The zero-order chi connectivity index (χ0) is 14.6. The second kappa shape index (κ2) is 6.21. The van der Waals surface area contributed by atoms with E-state index in [4.69, 9.17) is 4.74 Å². The standard InChI is InChI=1S/C13H16N2O4S/c1-18-10(16)7-13(4-5-13)8-20-9-3-6-14-11(15-9)12(17)19-2/h3,6H,4-5,7-8H2,1-2H3. The lowest BCUT2D eigenvalue weighted by atomic mass is 10.1. The topological polar surface area (TPSA) is 78.4 Å². The van der Waals surface area contributed by atoms with Crippen molar-refractivity contribution in [3.8, 4) is 0 Å². The predicted molar refractivity (Wildman–Crippen MR) is 72.4 cm³/mol. The van der Waals surface area contributed by atoms with Gasteiger partial charge < -0.3 is 9.47 Å². The third kappa shape index (κ3) is 3.69. The summed E-state index contributed by atoms with van der Waals surface area (Å²) in [5.74, 6) is 0.0965. The predicted octanol–water partition coefficient (Wildman–Crippen LogP) is 1.70. The van der Waals surface area contributed by atoms with E-state index in [1.165, 1.54) is 32.2 Å². The zero-order valence-corrected chi connectivity index (χ0v) is 12.2. The highest BCUT2D eigenvalue weighted by molar-refractivity contribution is 7.99. The second-order valence-electron chi connectivity index (χ2n) is 4.75. The van der Waals surface area contributed by atoms with Gasteiger partial charge in [-0.15, -0.1) is 11.8 Å². The van der Waals surface area contributed by atoms with E-state index in [2.05, 4.69) is 14.7 Å². The lowest BCUT2D eigenvalue weighted by Gasteiger charge is -2.12. The van der Waals surface area contributed by atoms with Crippen LogP contribution in [0.4, 0.5) is 0 Å². The summed E-state index contributed by atoms with van der Waals surface area (Å²) < 4.78 is 9.29. The fraction of sp³-hybridized carbons (Fsp3) is 0.538. The molecule has 20 heavy (non-hydrogen) atoms. The SMILES string of the molecule is COC(=O)CC1(CSc2ccnc(C(=O)OC)n2)CC1. The van der Waals surface area contributed by atoms with Crippen molar-refractivity contribution in [1.82, 2.24) is 9.97 Å². The van der Waals surface area contributed by atoms with Gasteiger partial charge in [-0.2, -0.15) is 0 Å². The van der Waals surface area contributed by atoms with E-state index in [1.54, 1.807) is 6.07 Å². The quantitative estimate of drug-likeness (QED) is 0.449. The van der Waals surface area contributed by atoms with Gasteiger partial charge in [-0.25, -0.2) is 14.8 Å². The van der Waals surface area contributed by atoms with Crippen LogP contribution in [0, 0.1) is 5.41 Å². The molecular formula is C13H16N2O4S. The van der Waals surface area contributed by atoms with Crippen LogP contribution >= 0.6 is 11.8 Å². The molecule has 0 unspecified atom stereocenters. The van der Waals surface area contributed by atoms with Crippen LogP contribution in [0.15, 0.2) is 17.3 Å². The Morgan fingerprint density at radius 1 is 1.35 bits per heavy atom. The number of carbonyl (C=O) groups excluding carboxylic acids is 2. The van der Waals surface area contributed by atoms with Gasteiger partial charge in [0.15, 0.2) is 0 Å².